The summed E-state index contributed by atoms with van der Waals surface area (Å²) in [5, 5.41) is 22.0. The molecule has 43 heavy (non-hydrogen) atoms. The third-order valence-corrected chi connectivity index (χ3v) is 13.7. The fourth-order valence-electron chi connectivity index (χ4n) is 11.0. The van der Waals surface area contributed by atoms with Crippen molar-refractivity contribution in [3.8, 4) is 5.69 Å². The van der Waals surface area contributed by atoms with E-state index in [1.807, 2.05) is 66.5 Å². The summed E-state index contributed by atoms with van der Waals surface area (Å²) in [6, 6.07) is 9.31. The average molecular weight is 588 g/mol. The zero-order valence-electron chi connectivity index (χ0n) is 26.7. The minimum absolute atomic E-state index is 0.0364. The molecule has 0 amide bonds. The van der Waals surface area contributed by atoms with Gasteiger partial charge in [-0.2, -0.15) is 0 Å². The van der Waals surface area contributed by atoms with Crippen molar-refractivity contribution in [3.63, 3.8) is 0 Å². The number of aliphatic hydroxyl groups excluding tert-OH is 1. The summed E-state index contributed by atoms with van der Waals surface area (Å²) in [6.45, 7) is 13.0. The highest BCUT2D eigenvalue weighted by Gasteiger charge is 2.75. The molecule has 1 aromatic heterocycles. The number of hydrogen-bond acceptors (Lipinski definition) is 4. The van der Waals surface area contributed by atoms with E-state index in [4.69, 9.17) is 0 Å². The van der Waals surface area contributed by atoms with E-state index in [0.717, 1.165) is 38.5 Å². The molecule has 2 aromatic rings. The predicted molar refractivity (Wildman–Crippen MR) is 168 cm³/mol. The third-order valence-electron chi connectivity index (χ3n) is 13.7. The van der Waals surface area contributed by atoms with E-state index < -0.39 is 22.8 Å². The number of para-hydroxylation sites is 1. The molecule has 1 aromatic carbocycles. The maximum absolute atomic E-state index is 14.7. The first-order chi connectivity index (χ1) is 20.2. The summed E-state index contributed by atoms with van der Waals surface area (Å²) in [7, 11) is 0. The van der Waals surface area contributed by atoms with E-state index in [0.29, 0.717) is 18.0 Å². The van der Waals surface area contributed by atoms with Crippen LogP contribution in [-0.4, -0.2) is 35.8 Å². The molecule has 8 rings (SSSR count). The van der Waals surface area contributed by atoms with Crippen LogP contribution in [0.25, 0.3) is 5.69 Å². The Hall–Kier alpha value is -2.64. The zero-order chi connectivity index (χ0) is 30.7. The molecule has 7 heteroatoms. The van der Waals surface area contributed by atoms with Gasteiger partial charge >= 0.3 is 11.4 Å². The Kier molecular flexibility index (Phi) is 6.22. The Balaban J connectivity index is 1.42. The molecule has 232 valence electrons. The summed E-state index contributed by atoms with van der Waals surface area (Å²) in [6.07, 6.45) is 14.4. The minimum Gasteiger partial charge on any atom is -0.393 e. The maximum Gasteiger partial charge on any atom is 0.352 e. The van der Waals surface area contributed by atoms with Gasteiger partial charge in [0.25, 0.3) is 0 Å². The summed E-state index contributed by atoms with van der Waals surface area (Å²) >= 11 is 0. The van der Waals surface area contributed by atoms with E-state index in [1.165, 1.54) is 4.57 Å². The van der Waals surface area contributed by atoms with Crippen molar-refractivity contribution in [1.29, 1.82) is 0 Å². The van der Waals surface area contributed by atoms with Gasteiger partial charge in [0.1, 0.15) is 0 Å². The van der Waals surface area contributed by atoms with Crippen LogP contribution in [0.5, 0.6) is 0 Å². The van der Waals surface area contributed by atoms with Crippen LogP contribution in [0.2, 0.25) is 0 Å². The van der Waals surface area contributed by atoms with Gasteiger partial charge in [0, 0.05) is 11.8 Å². The van der Waals surface area contributed by atoms with Gasteiger partial charge in [0.15, 0.2) is 0 Å². The first-order valence-electron chi connectivity index (χ1n) is 16.6. The average Bonchev–Trinajstić information content (AvgIpc) is 3.47. The lowest BCUT2D eigenvalue weighted by Gasteiger charge is -2.71. The molecule has 3 fully saturated rings. The quantitative estimate of drug-likeness (QED) is 0.461. The van der Waals surface area contributed by atoms with E-state index >= 15 is 0 Å². The number of allylic oxidation sites excluding steroid dienone is 3. The number of benzene rings is 1. The highest BCUT2D eigenvalue weighted by atomic mass is 16.3. The van der Waals surface area contributed by atoms with E-state index in [-0.39, 0.29) is 45.9 Å². The fourth-order valence-corrected chi connectivity index (χ4v) is 11.0. The summed E-state index contributed by atoms with van der Waals surface area (Å²) in [5.41, 5.74) is -2.46. The number of hydrogen-bond donors (Lipinski definition) is 2. The molecule has 0 radical (unpaired) electrons. The highest BCUT2D eigenvalue weighted by Crippen LogP contribution is 2.74. The van der Waals surface area contributed by atoms with Crippen LogP contribution >= 0.6 is 0 Å². The molecule has 2 aliphatic heterocycles. The van der Waals surface area contributed by atoms with Crippen LogP contribution in [-0.2, 0) is 11.1 Å². The van der Waals surface area contributed by atoms with Gasteiger partial charge in [-0.05, 0) is 92.6 Å². The molecule has 6 aliphatic rings. The van der Waals surface area contributed by atoms with E-state index in [9.17, 15) is 19.8 Å². The van der Waals surface area contributed by atoms with Crippen LogP contribution in [0.15, 0.2) is 64.2 Å². The van der Waals surface area contributed by atoms with Crippen LogP contribution in [0.1, 0.15) is 86.5 Å². The topological polar surface area (TPSA) is 89.4 Å². The number of nitrogens with zero attached hydrogens (tertiary/aromatic N) is 3. The van der Waals surface area contributed by atoms with Crippen molar-refractivity contribution in [2.24, 2.45) is 40.4 Å². The molecule has 10 atom stereocenters. The maximum atomic E-state index is 14.7. The van der Waals surface area contributed by atoms with Gasteiger partial charge in [-0.3, -0.25) is 0 Å². The van der Waals surface area contributed by atoms with Crippen molar-refractivity contribution < 1.29 is 10.2 Å². The van der Waals surface area contributed by atoms with Gasteiger partial charge in [0.05, 0.1) is 28.5 Å². The molecule has 2 bridgehead atoms. The largest absolute Gasteiger partial charge is 0.393 e. The predicted octanol–water partition coefficient (Wildman–Crippen LogP) is 5.37. The molecule has 3 saturated carbocycles. The fraction of sp³-hybridized carbons (Fsp3) is 0.667. The normalized spacial score (nSPS) is 41.5. The molecule has 4 aliphatic carbocycles. The second kappa shape index (κ2) is 9.20. The van der Waals surface area contributed by atoms with Crippen LogP contribution in [0.3, 0.4) is 0 Å². The van der Waals surface area contributed by atoms with Crippen LogP contribution in [0.4, 0.5) is 0 Å². The van der Waals surface area contributed by atoms with Crippen molar-refractivity contribution in [2.45, 2.75) is 109 Å². The monoisotopic (exact) mass is 587 g/mol. The summed E-state index contributed by atoms with van der Waals surface area (Å²) in [4.78, 5) is 29.2. The zero-order valence-corrected chi connectivity index (χ0v) is 26.7. The van der Waals surface area contributed by atoms with Crippen molar-refractivity contribution in [3.05, 3.63) is 75.6 Å². The third kappa shape index (κ3) is 3.50. The number of aromatic nitrogens is 3. The van der Waals surface area contributed by atoms with Crippen LogP contribution < -0.4 is 11.4 Å². The molecular weight excluding hydrogens is 538 g/mol. The first-order valence-corrected chi connectivity index (χ1v) is 16.6. The van der Waals surface area contributed by atoms with Crippen molar-refractivity contribution in [2.75, 3.05) is 0 Å². The summed E-state index contributed by atoms with van der Waals surface area (Å²) < 4.78 is 5.07. The SMILES string of the molecule is CC(C)[C@](C)(O)/C=C/[C@@H](C)[C@H]1CC[C@@H]2[C@]1(C)CC[C@H]1[C@]23C=C[C@]2(C[C@@H](O)CC[C@]12C)n1c(=O)n(-c2ccccc2)c(=O)n13. The standard InChI is InChI=1S/C36H49N3O4/c1-23(2)34(6,43)19-14-24(3)27-12-13-28-32(27,4)17-16-29-33(5)18-15-26(40)22-35(33)20-21-36(28,29)39-31(42)37(30(41)38(35)39)25-10-8-7-9-11-25/h7-11,14,19-21,23-24,26-29,40,43H,12-13,15-18,22H2,1-6H3/b19-14+/t24-,26+,27-,28-,29-,32-,33-,34-,35-,36+/m1/s1. The number of rotatable bonds is 5. The highest BCUT2D eigenvalue weighted by molar-refractivity contribution is 5.38. The number of fused-ring (bicyclic) bond motifs is 1. The van der Waals surface area contributed by atoms with Crippen molar-refractivity contribution in [1.82, 2.24) is 13.9 Å². The van der Waals surface area contributed by atoms with Gasteiger partial charge in [-0.15, -0.1) is 0 Å². The Bertz CT molecular complexity index is 1610. The Morgan fingerprint density at radius 3 is 2.33 bits per heavy atom. The molecular formula is C36H49N3O4. The second-order valence-electron chi connectivity index (χ2n) is 15.8. The number of aliphatic hydroxyl groups is 2. The Morgan fingerprint density at radius 2 is 1.63 bits per heavy atom. The Labute approximate surface area is 254 Å². The molecule has 2 N–H and O–H groups in total. The molecule has 7 nitrogen and oxygen atoms in total. The lowest BCUT2D eigenvalue weighted by molar-refractivity contribution is -0.199. The van der Waals surface area contributed by atoms with Crippen LogP contribution in [0, 0.1) is 40.4 Å². The molecule has 0 unspecified atom stereocenters. The van der Waals surface area contributed by atoms with E-state index in [2.05, 4.69) is 39.0 Å². The molecule has 3 heterocycles. The van der Waals surface area contributed by atoms with Gasteiger partial charge in [0.2, 0.25) is 0 Å². The van der Waals surface area contributed by atoms with Gasteiger partial charge in [-0.25, -0.2) is 23.5 Å². The Morgan fingerprint density at radius 1 is 0.930 bits per heavy atom. The van der Waals surface area contributed by atoms with Crippen molar-refractivity contribution >= 4 is 0 Å². The first kappa shape index (κ1) is 29.1. The lowest BCUT2D eigenvalue weighted by Crippen LogP contribution is -2.76. The molecule has 2 spiro atoms. The molecule has 0 saturated heterocycles. The summed E-state index contributed by atoms with van der Waals surface area (Å²) in [5.74, 6) is 1.20. The second-order valence-corrected chi connectivity index (χ2v) is 15.8. The van der Waals surface area contributed by atoms with E-state index in [1.54, 1.807) is 0 Å². The minimum atomic E-state index is -0.855. The van der Waals surface area contributed by atoms with Gasteiger partial charge < -0.3 is 10.2 Å². The smallest absolute Gasteiger partial charge is 0.352 e. The van der Waals surface area contributed by atoms with Gasteiger partial charge in [-0.1, -0.05) is 77.1 Å². The lowest BCUT2D eigenvalue weighted by atomic mass is 9.40.